The maximum absolute atomic E-state index is 12.6. The van der Waals surface area contributed by atoms with Crippen molar-refractivity contribution in [1.82, 2.24) is 24.6 Å². The lowest BCUT2D eigenvalue weighted by atomic mass is 9.94. The first-order chi connectivity index (χ1) is 11.2. The minimum atomic E-state index is 0.0181. The summed E-state index contributed by atoms with van der Waals surface area (Å²) in [4.78, 5) is 22.3. The van der Waals surface area contributed by atoms with Crippen LogP contribution in [0.5, 0.6) is 0 Å². The molecule has 1 aliphatic heterocycles. The molecule has 0 saturated carbocycles. The second-order valence-electron chi connectivity index (χ2n) is 6.13. The predicted octanol–water partition coefficient (Wildman–Crippen LogP) is 2.32. The van der Waals surface area contributed by atoms with Crippen LogP contribution in [0.3, 0.4) is 0 Å². The van der Waals surface area contributed by atoms with Crippen molar-refractivity contribution in [2.45, 2.75) is 18.8 Å². The van der Waals surface area contributed by atoms with Crippen LogP contribution in [-0.2, 0) is 7.05 Å². The Morgan fingerprint density at radius 2 is 2.30 bits per heavy atom. The van der Waals surface area contributed by atoms with Gasteiger partial charge in [-0.05, 0) is 37.1 Å². The summed E-state index contributed by atoms with van der Waals surface area (Å²) < 4.78 is 1.66. The second-order valence-corrected chi connectivity index (χ2v) is 6.13. The highest BCUT2D eigenvalue weighted by molar-refractivity contribution is 5.92. The highest BCUT2D eigenvalue weighted by Gasteiger charge is 2.27. The number of aromatic nitrogens is 4. The van der Waals surface area contributed by atoms with Crippen molar-refractivity contribution in [3.8, 4) is 0 Å². The lowest BCUT2D eigenvalue weighted by Gasteiger charge is -2.32. The number of carbonyl (C=O) groups is 1. The van der Waals surface area contributed by atoms with E-state index in [1.165, 1.54) is 0 Å². The summed E-state index contributed by atoms with van der Waals surface area (Å²) in [7, 11) is 1.83. The minimum absolute atomic E-state index is 0.0181. The Kier molecular flexibility index (Phi) is 3.37. The van der Waals surface area contributed by atoms with E-state index in [4.69, 9.17) is 0 Å². The van der Waals surface area contributed by atoms with Crippen molar-refractivity contribution >= 4 is 16.9 Å². The first-order valence-electron chi connectivity index (χ1n) is 7.93. The van der Waals surface area contributed by atoms with Crippen molar-refractivity contribution in [3.05, 3.63) is 48.0 Å². The first-order valence-corrected chi connectivity index (χ1v) is 7.93. The molecule has 3 aromatic rings. The van der Waals surface area contributed by atoms with Crippen molar-refractivity contribution in [2.24, 2.45) is 7.05 Å². The third kappa shape index (κ3) is 2.60. The number of rotatable bonds is 2. The molecule has 118 valence electrons. The molecule has 3 aromatic heterocycles. The number of aryl methyl sites for hydroxylation is 1. The molecule has 1 aliphatic rings. The van der Waals surface area contributed by atoms with Gasteiger partial charge in [-0.15, -0.1) is 0 Å². The van der Waals surface area contributed by atoms with Gasteiger partial charge in [0.1, 0.15) is 5.69 Å². The van der Waals surface area contributed by atoms with Gasteiger partial charge >= 0.3 is 0 Å². The van der Waals surface area contributed by atoms with Crippen LogP contribution in [0.1, 0.15) is 34.9 Å². The summed E-state index contributed by atoms with van der Waals surface area (Å²) in [5.74, 6) is 0.343. The maximum Gasteiger partial charge on any atom is 0.274 e. The number of fused-ring (bicyclic) bond motifs is 1. The molecule has 0 aliphatic carbocycles. The van der Waals surface area contributed by atoms with E-state index in [-0.39, 0.29) is 5.91 Å². The molecule has 6 nitrogen and oxygen atoms in total. The fraction of sp³-hybridized carbons (Fsp3) is 0.353. The number of piperidine rings is 1. The summed E-state index contributed by atoms with van der Waals surface area (Å²) in [6.07, 6.45) is 5.70. The number of carbonyl (C=O) groups excluding carboxylic acids is 1. The molecular formula is C17H19N5O. The number of pyridine rings is 1. The molecule has 1 amide bonds. The number of hydrogen-bond acceptors (Lipinski definition) is 3. The van der Waals surface area contributed by atoms with E-state index in [1.54, 1.807) is 23.1 Å². The fourth-order valence-electron chi connectivity index (χ4n) is 3.30. The molecule has 4 heterocycles. The van der Waals surface area contributed by atoms with Crippen LogP contribution in [0, 0.1) is 0 Å². The highest BCUT2D eigenvalue weighted by Crippen LogP contribution is 2.28. The first kappa shape index (κ1) is 14.0. The molecule has 1 atom stereocenters. The maximum atomic E-state index is 12.6. The molecule has 6 heteroatoms. The molecular weight excluding hydrogens is 290 g/mol. The van der Waals surface area contributed by atoms with E-state index in [1.807, 2.05) is 24.1 Å². The average Bonchev–Trinajstić information content (AvgIpc) is 3.20. The topological polar surface area (TPSA) is 66.8 Å². The summed E-state index contributed by atoms with van der Waals surface area (Å²) in [6, 6.07) is 7.85. The molecule has 1 unspecified atom stereocenters. The van der Waals surface area contributed by atoms with Crippen LogP contribution in [0.25, 0.3) is 11.0 Å². The molecule has 1 N–H and O–H groups in total. The van der Waals surface area contributed by atoms with Crippen LogP contribution < -0.4 is 0 Å². The van der Waals surface area contributed by atoms with Gasteiger partial charge < -0.3 is 9.88 Å². The van der Waals surface area contributed by atoms with Gasteiger partial charge in [0.15, 0.2) is 0 Å². The standard InChI is InChI=1S/C17H19N5O/c1-21-9-6-14(20-21)17(23)22-8-3-4-12(11-22)15-10-16-13(19-15)5-2-7-18-16/h2,5-7,9-10,12,19H,3-4,8,11H2,1H3. The van der Waals surface area contributed by atoms with Crippen LogP contribution in [0.15, 0.2) is 36.7 Å². The number of aromatic amines is 1. The van der Waals surface area contributed by atoms with Crippen molar-refractivity contribution < 1.29 is 4.79 Å². The molecule has 0 spiro atoms. The van der Waals surface area contributed by atoms with Crippen molar-refractivity contribution in [1.29, 1.82) is 0 Å². The summed E-state index contributed by atoms with van der Waals surface area (Å²) in [5, 5.41) is 4.23. The fourth-order valence-corrected chi connectivity index (χ4v) is 3.30. The molecule has 23 heavy (non-hydrogen) atoms. The van der Waals surface area contributed by atoms with Crippen LogP contribution in [0.2, 0.25) is 0 Å². The van der Waals surface area contributed by atoms with E-state index in [0.29, 0.717) is 11.6 Å². The normalized spacial score (nSPS) is 18.5. The van der Waals surface area contributed by atoms with Gasteiger partial charge in [0.05, 0.1) is 11.0 Å². The predicted molar refractivity (Wildman–Crippen MR) is 87.2 cm³/mol. The summed E-state index contributed by atoms with van der Waals surface area (Å²) >= 11 is 0. The lowest BCUT2D eigenvalue weighted by Crippen LogP contribution is -2.39. The molecule has 0 aromatic carbocycles. The van der Waals surface area contributed by atoms with Crippen LogP contribution in [-0.4, -0.2) is 43.6 Å². The third-order valence-electron chi connectivity index (χ3n) is 4.49. The number of hydrogen-bond donors (Lipinski definition) is 1. The van der Waals surface area contributed by atoms with E-state index in [2.05, 4.69) is 21.1 Å². The number of nitrogens with zero attached hydrogens (tertiary/aromatic N) is 4. The molecule has 1 saturated heterocycles. The summed E-state index contributed by atoms with van der Waals surface area (Å²) in [5.41, 5.74) is 3.72. The second kappa shape index (κ2) is 5.53. The average molecular weight is 309 g/mol. The van der Waals surface area contributed by atoms with Gasteiger partial charge in [-0.25, -0.2) is 0 Å². The molecule has 1 fully saturated rings. The Morgan fingerprint density at radius 1 is 1.39 bits per heavy atom. The molecule has 0 bridgehead atoms. The van der Waals surface area contributed by atoms with E-state index in [9.17, 15) is 4.79 Å². The largest absolute Gasteiger partial charge is 0.357 e. The Morgan fingerprint density at radius 3 is 3.09 bits per heavy atom. The van der Waals surface area contributed by atoms with Crippen LogP contribution >= 0.6 is 0 Å². The third-order valence-corrected chi connectivity index (χ3v) is 4.49. The van der Waals surface area contributed by atoms with Gasteiger partial charge in [-0.1, -0.05) is 0 Å². The van der Waals surface area contributed by atoms with Gasteiger partial charge in [0.25, 0.3) is 5.91 Å². The Labute approximate surface area is 134 Å². The Balaban J connectivity index is 1.55. The quantitative estimate of drug-likeness (QED) is 0.790. The lowest BCUT2D eigenvalue weighted by molar-refractivity contribution is 0.0699. The zero-order chi connectivity index (χ0) is 15.8. The monoisotopic (exact) mass is 309 g/mol. The number of amides is 1. The Hall–Kier alpha value is -2.63. The molecule has 0 radical (unpaired) electrons. The number of H-pyrrole nitrogens is 1. The number of likely N-dealkylation sites (tertiary alicyclic amines) is 1. The zero-order valence-electron chi connectivity index (χ0n) is 13.1. The molecule has 4 rings (SSSR count). The van der Waals surface area contributed by atoms with Gasteiger partial charge in [-0.3, -0.25) is 14.5 Å². The van der Waals surface area contributed by atoms with E-state index >= 15 is 0 Å². The summed E-state index contributed by atoms with van der Waals surface area (Å²) in [6.45, 7) is 1.52. The SMILES string of the molecule is Cn1ccc(C(=O)N2CCCC(c3cc4ncccc4[nH]3)C2)n1. The van der Waals surface area contributed by atoms with Gasteiger partial charge in [0.2, 0.25) is 0 Å². The highest BCUT2D eigenvalue weighted by atomic mass is 16.2. The van der Waals surface area contributed by atoms with Gasteiger partial charge in [0, 0.05) is 44.1 Å². The van der Waals surface area contributed by atoms with Crippen LogP contribution in [0.4, 0.5) is 0 Å². The zero-order valence-corrected chi connectivity index (χ0v) is 13.1. The van der Waals surface area contributed by atoms with E-state index < -0.39 is 0 Å². The smallest absolute Gasteiger partial charge is 0.274 e. The van der Waals surface area contributed by atoms with Crippen molar-refractivity contribution in [2.75, 3.05) is 13.1 Å². The minimum Gasteiger partial charge on any atom is -0.357 e. The van der Waals surface area contributed by atoms with E-state index in [0.717, 1.165) is 42.7 Å². The number of nitrogens with one attached hydrogen (secondary N) is 1. The van der Waals surface area contributed by atoms with Gasteiger partial charge in [-0.2, -0.15) is 5.10 Å². The van der Waals surface area contributed by atoms with Crippen molar-refractivity contribution in [3.63, 3.8) is 0 Å². The Bertz CT molecular complexity index is 816.